The highest BCUT2D eigenvalue weighted by molar-refractivity contribution is 5.98. The molecule has 1 aliphatic heterocycles. The zero-order valence-electron chi connectivity index (χ0n) is 12.0. The number of fused-ring (bicyclic) bond motifs is 2. The van der Waals surface area contributed by atoms with E-state index in [9.17, 15) is 0 Å². The van der Waals surface area contributed by atoms with Gasteiger partial charge in [-0.2, -0.15) is 0 Å². The first-order valence-electron chi connectivity index (χ1n) is 6.93. The summed E-state index contributed by atoms with van der Waals surface area (Å²) in [5, 5.41) is 5.41. The van der Waals surface area contributed by atoms with Gasteiger partial charge in [-0.3, -0.25) is 0 Å². The molecule has 22 heavy (non-hydrogen) atoms. The topological polar surface area (TPSA) is 52.6 Å². The third-order valence-corrected chi connectivity index (χ3v) is 3.60. The predicted molar refractivity (Wildman–Crippen MR) is 84.1 cm³/mol. The first-order valence-corrected chi connectivity index (χ1v) is 6.93. The van der Waals surface area contributed by atoms with E-state index in [1.54, 1.807) is 13.3 Å². The van der Waals surface area contributed by atoms with Crippen molar-refractivity contribution in [3.05, 3.63) is 48.7 Å². The highest BCUT2D eigenvalue weighted by atomic mass is 16.7. The van der Waals surface area contributed by atoms with E-state index in [0.29, 0.717) is 5.88 Å². The second-order valence-corrected chi connectivity index (χ2v) is 4.92. The molecule has 1 aromatic heterocycles. The Morgan fingerprint density at radius 3 is 2.91 bits per heavy atom. The van der Waals surface area contributed by atoms with Gasteiger partial charge in [-0.25, -0.2) is 4.98 Å². The third kappa shape index (κ3) is 2.07. The van der Waals surface area contributed by atoms with Crippen molar-refractivity contribution in [2.24, 2.45) is 0 Å². The highest BCUT2D eigenvalue weighted by Crippen LogP contribution is 2.37. The third-order valence-electron chi connectivity index (χ3n) is 3.60. The molecule has 0 aliphatic carbocycles. The second kappa shape index (κ2) is 5.11. The van der Waals surface area contributed by atoms with E-state index >= 15 is 0 Å². The number of rotatable bonds is 3. The van der Waals surface area contributed by atoms with Crippen LogP contribution in [0.1, 0.15) is 0 Å². The molecule has 5 nitrogen and oxygen atoms in total. The normalized spacial score (nSPS) is 12.4. The van der Waals surface area contributed by atoms with Crippen molar-refractivity contribution in [2.45, 2.75) is 0 Å². The van der Waals surface area contributed by atoms with Crippen LogP contribution in [-0.4, -0.2) is 18.9 Å². The molecular weight excluding hydrogens is 280 g/mol. The Labute approximate surface area is 127 Å². The van der Waals surface area contributed by atoms with Crippen LogP contribution in [0.15, 0.2) is 48.7 Å². The minimum absolute atomic E-state index is 0.269. The summed E-state index contributed by atoms with van der Waals surface area (Å²) >= 11 is 0. The number of hydrogen-bond acceptors (Lipinski definition) is 5. The summed E-state index contributed by atoms with van der Waals surface area (Å²) in [6.07, 6.45) is 1.74. The molecule has 0 bridgehead atoms. The minimum atomic E-state index is 0.269. The molecule has 0 saturated carbocycles. The van der Waals surface area contributed by atoms with Gasteiger partial charge in [0.25, 0.3) is 0 Å². The molecule has 0 atom stereocenters. The lowest BCUT2D eigenvalue weighted by Gasteiger charge is -2.12. The Morgan fingerprint density at radius 2 is 2.00 bits per heavy atom. The van der Waals surface area contributed by atoms with E-state index < -0.39 is 0 Å². The zero-order valence-corrected chi connectivity index (χ0v) is 12.0. The Balaban J connectivity index is 1.78. The van der Waals surface area contributed by atoms with Crippen molar-refractivity contribution in [2.75, 3.05) is 19.2 Å². The maximum Gasteiger partial charge on any atom is 0.231 e. The molecule has 0 radical (unpaired) electrons. The van der Waals surface area contributed by atoms with Crippen molar-refractivity contribution in [3.8, 4) is 17.4 Å². The van der Waals surface area contributed by atoms with Gasteiger partial charge < -0.3 is 19.5 Å². The number of benzene rings is 2. The maximum atomic E-state index is 5.41. The molecule has 0 spiro atoms. The van der Waals surface area contributed by atoms with Crippen LogP contribution in [-0.2, 0) is 0 Å². The summed E-state index contributed by atoms with van der Waals surface area (Å²) in [4.78, 5) is 4.28. The lowest BCUT2D eigenvalue weighted by Crippen LogP contribution is -1.95. The van der Waals surface area contributed by atoms with E-state index in [0.717, 1.165) is 33.6 Å². The van der Waals surface area contributed by atoms with Crippen molar-refractivity contribution in [1.82, 2.24) is 4.98 Å². The monoisotopic (exact) mass is 294 g/mol. The fourth-order valence-electron chi connectivity index (χ4n) is 2.59. The molecule has 4 rings (SSSR count). The standard InChI is InChI=1S/C17H14N2O3/c1-20-17-16-11(7-8-18-17)3-2-4-13(16)19-12-5-6-14-15(9-12)22-10-21-14/h2-9,19H,10H2,1H3. The Kier molecular flexibility index (Phi) is 2.96. The predicted octanol–water partition coefficient (Wildman–Crippen LogP) is 3.72. The molecule has 2 aromatic carbocycles. The van der Waals surface area contributed by atoms with Gasteiger partial charge in [-0.05, 0) is 29.7 Å². The Bertz CT molecular complexity index is 843. The first kappa shape index (κ1) is 12.8. The van der Waals surface area contributed by atoms with Crippen LogP contribution in [0.4, 0.5) is 11.4 Å². The van der Waals surface area contributed by atoms with Crippen LogP contribution in [0.3, 0.4) is 0 Å². The fraction of sp³-hybridized carbons (Fsp3) is 0.118. The van der Waals surface area contributed by atoms with Crippen LogP contribution in [0.5, 0.6) is 17.4 Å². The number of nitrogens with one attached hydrogen (secondary N) is 1. The molecular formula is C17H14N2O3. The summed E-state index contributed by atoms with van der Waals surface area (Å²) < 4.78 is 16.1. The van der Waals surface area contributed by atoms with E-state index in [2.05, 4.69) is 10.3 Å². The average Bonchev–Trinajstić information content (AvgIpc) is 3.02. The first-order chi connectivity index (χ1) is 10.8. The van der Waals surface area contributed by atoms with Gasteiger partial charge in [-0.15, -0.1) is 0 Å². The molecule has 0 unspecified atom stereocenters. The van der Waals surface area contributed by atoms with Gasteiger partial charge in [-0.1, -0.05) is 12.1 Å². The molecule has 2 heterocycles. The molecule has 110 valence electrons. The van der Waals surface area contributed by atoms with Crippen molar-refractivity contribution in [1.29, 1.82) is 0 Å². The summed E-state index contributed by atoms with van der Waals surface area (Å²) in [6, 6.07) is 13.8. The SMILES string of the molecule is COc1nccc2cccc(Nc3ccc4c(c3)OCO4)c12. The van der Waals surface area contributed by atoms with Gasteiger partial charge in [0.1, 0.15) is 0 Å². The van der Waals surface area contributed by atoms with Gasteiger partial charge in [0.15, 0.2) is 11.5 Å². The summed E-state index contributed by atoms with van der Waals surface area (Å²) in [5.41, 5.74) is 1.85. The second-order valence-electron chi connectivity index (χ2n) is 4.92. The quantitative estimate of drug-likeness (QED) is 0.798. The fourth-order valence-corrected chi connectivity index (χ4v) is 2.59. The Hall–Kier alpha value is -2.95. The number of ether oxygens (including phenoxy) is 3. The highest BCUT2D eigenvalue weighted by Gasteiger charge is 2.14. The molecule has 5 heteroatoms. The Morgan fingerprint density at radius 1 is 1.09 bits per heavy atom. The molecule has 1 N–H and O–H groups in total. The molecule has 3 aromatic rings. The van der Waals surface area contributed by atoms with E-state index in [1.807, 2.05) is 42.5 Å². The van der Waals surface area contributed by atoms with Gasteiger partial charge in [0, 0.05) is 18.0 Å². The molecule has 0 fully saturated rings. The number of aromatic nitrogens is 1. The van der Waals surface area contributed by atoms with E-state index in [4.69, 9.17) is 14.2 Å². The van der Waals surface area contributed by atoms with Crippen molar-refractivity contribution >= 4 is 22.1 Å². The minimum Gasteiger partial charge on any atom is -0.480 e. The molecule has 0 saturated heterocycles. The average molecular weight is 294 g/mol. The van der Waals surface area contributed by atoms with E-state index in [-0.39, 0.29) is 6.79 Å². The van der Waals surface area contributed by atoms with Gasteiger partial charge in [0.2, 0.25) is 12.7 Å². The van der Waals surface area contributed by atoms with Gasteiger partial charge in [0.05, 0.1) is 18.2 Å². The number of hydrogen-bond donors (Lipinski definition) is 1. The zero-order chi connectivity index (χ0) is 14.9. The molecule has 1 aliphatic rings. The van der Waals surface area contributed by atoms with Crippen LogP contribution in [0.2, 0.25) is 0 Å². The number of nitrogens with zero attached hydrogens (tertiary/aromatic N) is 1. The summed E-state index contributed by atoms with van der Waals surface area (Å²) in [5.74, 6) is 2.11. The lowest BCUT2D eigenvalue weighted by atomic mass is 10.1. The van der Waals surface area contributed by atoms with Crippen LogP contribution < -0.4 is 19.5 Å². The number of pyridine rings is 1. The van der Waals surface area contributed by atoms with Crippen molar-refractivity contribution < 1.29 is 14.2 Å². The smallest absolute Gasteiger partial charge is 0.231 e. The maximum absolute atomic E-state index is 5.41. The van der Waals surface area contributed by atoms with Crippen molar-refractivity contribution in [3.63, 3.8) is 0 Å². The lowest BCUT2D eigenvalue weighted by molar-refractivity contribution is 0.174. The summed E-state index contributed by atoms with van der Waals surface area (Å²) in [6.45, 7) is 0.269. The van der Waals surface area contributed by atoms with Crippen LogP contribution in [0.25, 0.3) is 10.8 Å². The number of methoxy groups -OCH3 is 1. The molecule has 0 amide bonds. The number of anilines is 2. The van der Waals surface area contributed by atoms with Crippen LogP contribution in [0, 0.1) is 0 Å². The van der Waals surface area contributed by atoms with E-state index in [1.165, 1.54) is 0 Å². The largest absolute Gasteiger partial charge is 0.480 e. The van der Waals surface area contributed by atoms with Crippen LogP contribution >= 0.6 is 0 Å². The summed E-state index contributed by atoms with van der Waals surface area (Å²) in [7, 11) is 1.62. The van der Waals surface area contributed by atoms with Gasteiger partial charge >= 0.3 is 0 Å².